The van der Waals surface area contributed by atoms with E-state index >= 15 is 0 Å². The zero-order chi connectivity index (χ0) is 20.8. The summed E-state index contributed by atoms with van der Waals surface area (Å²) in [6.07, 6.45) is 0.732. The van der Waals surface area contributed by atoms with Crippen LogP contribution < -0.4 is 9.47 Å². The Bertz CT molecular complexity index is 811. The molecule has 2 aromatic carbocycles. The van der Waals surface area contributed by atoms with Crippen LogP contribution in [0.4, 0.5) is 0 Å². The minimum Gasteiger partial charge on any atom is -0.504 e. The SMILES string of the molecule is COc1ccc(CN2CCN(Cc3cccc(OC)c3O)CC2CCO)cc1C. The van der Waals surface area contributed by atoms with E-state index in [0.29, 0.717) is 12.3 Å². The van der Waals surface area contributed by atoms with Gasteiger partial charge in [0, 0.05) is 50.9 Å². The lowest BCUT2D eigenvalue weighted by Gasteiger charge is -2.41. The molecule has 2 aromatic rings. The fraction of sp³-hybridized carbons (Fsp3) is 0.478. The van der Waals surface area contributed by atoms with E-state index in [-0.39, 0.29) is 18.4 Å². The molecule has 1 heterocycles. The van der Waals surface area contributed by atoms with Crippen molar-refractivity contribution in [2.75, 3.05) is 40.5 Å². The number of aryl methyl sites for hydroxylation is 1. The summed E-state index contributed by atoms with van der Waals surface area (Å²) in [7, 11) is 3.26. The lowest BCUT2D eigenvalue weighted by Crippen LogP contribution is -2.52. The third-order valence-corrected chi connectivity index (χ3v) is 5.69. The second-order valence-electron chi connectivity index (χ2n) is 7.64. The fourth-order valence-corrected chi connectivity index (χ4v) is 4.11. The number of benzene rings is 2. The first-order valence-corrected chi connectivity index (χ1v) is 10.1. The number of aliphatic hydroxyl groups is 1. The maximum atomic E-state index is 10.4. The van der Waals surface area contributed by atoms with E-state index in [0.717, 1.165) is 49.5 Å². The van der Waals surface area contributed by atoms with Crippen molar-refractivity contribution in [3.05, 3.63) is 53.1 Å². The summed E-state index contributed by atoms with van der Waals surface area (Å²) in [5.41, 5.74) is 3.26. The minimum atomic E-state index is 0.168. The van der Waals surface area contributed by atoms with Gasteiger partial charge in [-0.05, 0) is 36.6 Å². The number of hydrogen-bond acceptors (Lipinski definition) is 6. The third kappa shape index (κ3) is 5.21. The highest BCUT2D eigenvalue weighted by Gasteiger charge is 2.27. The van der Waals surface area contributed by atoms with Gasteiger partial charge in [0.2, 0.25) is 0 Å². The molecule has 1 aliphatic rings. The van der Waals surface area contributed by atoms with Gasteiger partial charge in [-0.15, -0.1) is 0 Å². The van der Waals surface area contributed by atoms with E-state index in [1.165, 1.54) is 5.56 Å². The number of aromatic hydroxyl groups is 1. The Balaban J connectivity index is 1.67. The number of rotatable bonds is 8. The molecule has 0 amide bonds. The van der Waals surface area contributed by atoms with Gasteiger partial charge in [0.25, 0.3) is 0 Å². The van der Waals surface area contributed by atoms with Gasteiger partial charge < -0.3 is 19.7 Å². The maximum Gasteiger partial charge on any atom is 0.162 e. The number of phenols is 1. The molecule has 0 bridgehead atoms. The number of aliphatic hydroxyl groups excluding tert-OH is 1. The molecule has 158 valence electrons. The fourth-order valence-electron chi connectivity index (χ4n) is 4.11. The maximum absolute atomic E-state index is 10.4. The van der Waals surface area contributed by atoms with Gasteiger partial charge in [0.15, 0.2) is 11.5 Å². The Morgan fingerprint density at radius 2 is 1.83 bits per heavy atom. The first kappa shape index (κ1) is 21.4. The molecule has 29 heavy (non-hydrogen) atoms. The highest BCUT2D eigenvalue weighted by atomic mass is 16.5. The molecular formula is C23H32N2O4. The number of ether oxygens (including phenoxy) is 2. The summed E-state index contributed by atoms with van der Waals surface area (Å²) < 4.78 is 10.6. The molecular weight excluding hydrogens is 368 g/mol. The Kier molecular flexibility index (Phi) is 7.36. The van der Waals surface area contributed by atoms with Crippen LogP contribution in [0.25, 0.3) is 0 Å². The zero-order valence-corrected chi connectivity index (χ0v) is 17.6. The normalized spacial score (nSPS) is 18.0. The molecule has 0 radical (unpaired) electrons. The molecule has 0 spiro atoms. The van der Waals surface area contributed by atoms with E-state index in [9.17, 15) is 10.2 Å². The Morgan fingerprint density at radius 3 is 2.52 bits per heavy atom. The van der Waals surface area contributed by atoms with Crippen LogP contribution in [0.15, 0.2) is 36.4 Å². The van der Waals surface area contributed by atoms with E-state index in [4.69, 9.17) is 9.47 Å². The molecule has 0 aliphatic carbocycles. The topological polar surface area (TPSA) is 65.4 Å². The van der Waals surface area contributed by atoms with Crippen LogP contribution in [0, 0.1) is 6.92 Å². The van der Waals surface area contributed by atoms with Crippen molar-refractivity contribution in [1.29, 1.82) is 0 Å². The molecule has 0 saturated carbocycles. The minimum absolute atomic E-state index is 0.168. The standard InChI is InChI=1S/C23H32N2O4/c1-17-13-18(7-8-21(17)28-2)14-25-11-10-24(16-20(25)9-12-26)15-19-5-4-6-22(29-3)23(19)27/h4-8,13,20,26-27H,9-12,14-16H2,1-3H3. The smallest absolute Gasteiger partial charge is 0.162 e. The highest BCUT2D eigenvalue weighted by molar-refractivity contribution is 5.45. The highest BCUT2D eigenvalue weighted by Crippen LogP contribution is 2.31. The van der Waals surface area contributed by atoms with Crippen molar-refractivity contribution >= 4 is 0 Å². The van der Waals surface area contributed by atoms with Gasteiger partial charge in [-0.1, -0.05) is 24.3 Å². The largest absolute Gasteiger partial charge is 0.504 e. The second kappa shape index (κ2) is 9.96. The predicted molar refractivity (Wildman–Crippen MR) is 114 cm³/mol. The van der Waals surface area contributed by atoms with Crippen LogP contribution in [-0.2, 0) is 13.1 Å². The van der Waals surface area contributed by atoms with Gasteiger partial charge in [-0.25, -0.2) is 0 Å². The summed E-state index contributed by atoms with van der Waals surface area (Å²) in [6.45, 7) is 6.43. The van der Waals surface area contributed by atoms with E-state index < -0.39 is 0 Å². The van der Waals surface area contributed by atoms with Crippen molar-refractivity contribution in [1.82, 2.24) is 9.80 Å². The number of piperazine rings is 1. The lowest BCUT2D eigenvalue weighted by molar-refractivity contribution is 0.0496. The summed E-state index contributed by atoms with van der Waals surface area (Å²) in [5.74, 6) is 1.62. The monoisotopic (exact) mass is 400 g/mol. The first-order chi connectivity index (χ1) is 14.0. The average Bonchev–Trinajstić information content (AvgIpc) is 2.72. The number of methoxy groups -OCH3 is 2. The molecule has 2 N–H and O–H groups in total. The van der Waals surface area contributed by atoms with Crippen LogP contribution >= 0.6 is 0 Å². The van der Waals surface area contributed by atoms with Gasteiger partial charge >= 0.3 is 0 Å². The average molecular weight is 401 g/mol. The van der Waals surface area contributed by atoms with Gasteiger partial charge in [0.05, 0.1) is 14.2 Å². The quantitative estimate of drug-likeness (QED) is 0.710. The number of para-hydroxylation sites is 1. The number of hydrogen-bond donors (Lipinski definition) is 2. The van der Waals surface area contributed by atoms with Gasteiger partial charge in [-0.3, -0.25) is 9.80 Å². The summed E-state index contributed by atoms with van der Waals surface area (Å²) in [4.78, 5) is 4.78. The van der Waals surface area contributed by atoms with E-state index in [1.54, 1.807) is 20.3 Å². The molecule has 1 unspecified atom stereocenters. The van der Waals surface area contributed by atoms with Crippen molar-refractivity contribution in [2.45, 2.75) is 32.5 Å². The number of nitrogens with zero attached hydrogens (tertiary/aromatic N) is 2. The van der Waals surface area contributed by atoms with Crippen molar-refractivity contribution in [2.24, 2.45) is 0 Å². The first-order valence-electron chi connectivity index (χ1n) is 10.1. The van der Waals surface area contributed by atoms with Gasteiger partial charge in [-0.2, -0.15) is 0 Å². The Hall–Kier alpha value is -2.28. The summed E-state index contributed by atoms with van der Waals surface area (Å²) in [6, 6.07) is 12.2. The Labute approximate surface area is 173 Å². The Morgan fingerprint density at radius 1 is 1.03 bits per heavy atom. The predicted octanol–water partition coefficient (Wildman–Crippen LogP) is 2.79. The van der Waals surface area contributed by atoms with Crippen LogP contribution in [0.2, 0.25) is 0 Å². The van der Waals surface area contributed by atoms with E-state index in [1.807, 2.05) is 18.2 Å². The van der Waals surface area contributed by atoms with Gasteiger partial charge in [0.1, 0.15) is 5.75 Å². The summed E-state index contributed by atoms with van der Waals surface area (Å²) in [5, 5.41) is 20.0. The third-order valence-electron chi connectivity index (χ3n) is 5.69. The zero-order valence-electron chi connectivity index (χ0n) is 17.6. The lowest BCUT2D eigenvalue weighted by atomic mass is 10.0. The molecule has 3 rings (SSSR count). The van der Waals surface area contributed by atoms with Crippen LogP contribution in [0.3, 0.4) is 0 Å². The molecule has 1 saturated heterocycles. The molecule has 6 nitrogen and oxygen atoms in total. The van der Waals surface area contributed by atoms with Crippen molar-refractivity contribution in [3.63, 3.8) is 0 Å². The van der Waals surface area contributed by atoms with Crippen molar-refractivity contribution in [3.8, 4) is 17.2 Å². The van der Waals surface area contributed by atoms with Crippen LogP contribution in [-0.4, -0.2) is 66.5 Å². The molecule has 1 aliphatic heterocycles. The molecule has 6 heteroatoms. The second-order valence-corrected chi connectivity index (χ2v) is 7.64. The molecule has 1 fully saturated rings. The molecule has 0 aromatic heterocycles. The molecule has 1 atom stereocenters. The summed E-state index contributed by atoms with van der Waals surface area (Å²) >= 11 is 0. The number of phenolic OH excluding ortho intramolecular Hbond substituents is 1. The van der Waals surface area contributed by atoms with Crippen LogP contribution in [0.1, 0.15) is 23.1 Å². The van der Waals surface area contributed by atoms with Crippen LogP contribution in [0.5, 0.6) is 17.2 Å². The van der Waals surface area contributed by atoms with E-state index in [2.05, 4.69) is 28.9 Å². The van der Waals surface area contributed by atoms with Crippen molar-refractivity contribution < 1.29 is 19.7 Å².